The van der Waals surface area contributed by atoms with E-state index in [9.17, 15) is 0 Å². The molecule has 2 rings (SSSR count). The molecule has 0 spiro atoms. The predicted octanol–water partition coefficient (Wildman–Crippen LogP) is 3.58. The molecule has 0 aliphatic carbocycles. The SMILES string of the molecule is C/C(=C\c1ccccc1)CN1CCCCC1. The zero-order valence-corrected chi connectivity index (χ0v) is 10.2. The van der Waals surface area contributed by atoms with Gasteiger partial charge in [-0.3, -0.25) is 4.90 Å². The smallest absolute Gasteiger partial charge is 0.0193 e. The van der Waals surface area contributed by atoms with Crippen LogP contribution in [0.2, 0.25) is 0 Å². The number of likely N-dealkylation sites (tertiary alicyclic amines) is 1. The van der Waals surface area contributed by atoms with E-state index in [1.807, 2.05) is 0 Å². The van der Waals surface area contributed by atoms with Crippen LogP contribution in [0.5, 0.6) is 0 Å². The van der Waals surface area contributed by atoms with Crippen molar-refractivity contribution in [3.05, 3.63) is 41.5 Å². The van der Waals surface area contributed by atoms with Crippen molar-refractivity contribution in [3.8, 4) is 0 Å². The molecule has 0 aromatic heterocycles. The first-order valence-electron chi connectivity index (χ1n) is 6.29. The number of rotatable bonds is 3. The lowest BCUT2D eigenvalue weighted by molar-refractivity contribution is 0.247. The number of hydrogen-bond acceptors (Lipinski definition) is 1. The van der Waals surface area contributed by atoms with E-state index in [-0.39, 0.29) is 0 Å². The Bertz CT molecular complexity index is 334. The van der Waals surface area contributed by atoms with E-state index in [4.69, 9.17) is 0 Å². The average molecular weight is 215 g/mol. The van der Waals surface area contributed by atoms with Crippen molar-refractivity contribution in [2.75, 3.05) is 19.6 Å². The molecular weight excluding hydrogens is 194 g/mol. The highest BCUT2D eigenvalue weighted by Gasteiger charge is 2.09. The molecule has 1 nitrogen and oxygen atoms in total. The molecule has 1 heterocycles. The Hall–Kier alpha value is -1.08. The van der Waals surface area contributed by atoms with Crippen molar-refractivity contribution in [1.82, 2.24) is 4.90 Å². The van der Waals surface area contributed by atoms with Gasteiger partial charge in [0.1, 0.15) is 0 Å². The monoisotopic (exact) mass is 215 g/mol. The third-order valence-corrected chi connectivity index (χ3v) is 3.13. The standard InChI is InChI=1S/C15H21N/c1-14(12-15-8-4-2-5-9-15)13-16-10-6-3-7-11-16/h2,4-5,8-9,12H,3,6-7,10-11,13H2,1H3/b14-12+. The highest BCUT2D eigenvalue weighted by molar-refractivity contribution is 5.52. The van der Waals surface area contributed by atoms with Crippen molar-refractivity contribution in [2.24, 2.45) is 0 Å². The molecule has 0 amide bonds. The summed E-state index contributed by atoms with van der Waals surface area (Å²) >= 11 is 0. The van der Waals surface area contributed by atoms with Gasteiger partial charge in [0.05, 0.1) is 0 Å². The second kappa shape index (κ2) is 5.86. The van der Waals surface area contributed by atoms with Gasteiger partial charge >= 0.3 is 0 Å². The minimum atomic E-state index is 1.13. The van der Waals surface area contributed by atoms with Gasteiger partial charge in [0.15, 0.2) is 0 Å². The largest absolute Gasteiger partial charge is 0.299 e. The van der Waals surface area contributed by atoms with Gasteiger partial charge in [0.25, 0.3) is 0 Å². The third kappa shape index (κ3) is 3.49. The highest BCUT2D eigenvalue weighted by atomic mass is 15.1. The molecule has 0 N–H and O–H groups in total. The molecule has 86 valence electrons. The molecule has 0 bridgehead atoms. The Kier molecular flexibility index (Phi) is 4.17. The van der Waals surface area contributed by atoms with Crippen molar-refractivity contribution < 1.29 is 0 Å². The summed E-state index contributed by atoms with van der Waals surface area (Å²) in [5.41, 5.74) is 2.78. The Morgan fingerprint density at radius 2 is 1.81 bits per heavy atom. The number of nitrogens with zero attached hydrogens (tertiary/aromatic N) is 1. The van der Waals surface area contributed by atoms with Crippen molar-refractivity contribution in [2.45, 2.75) is 26.2 Å². The Morgan fingerprint density at radius 1 is 1.12 bits per heavy atom. The van der Waals surface area contributed by atoms with Crippen LogP contribution in [-0.4, -0.2) is 24.5 Å². The molecule has 0 radical (unpaired) electrons. The summed E-state index contributed by atoms with van der Waals surface area (Å²) in [5, 5.41) is 0. The van der Waals surface area contributed by atoms with Crippen molar-refractivity contribution in [1.29, 1.82) is 0 Å². The fourth-order valence-electron chi connectivity index (χ4n) is 2.35. The van der Waals surface area contributed by atoms with Crippen LogP contribution in [0.4, 0.5) is 0 Å². The molecule has 1 fully saturated rings. The first-order chi connectivity index (χ1) is 7.84. The van der Waals surface area contributed by atoms with Crippen molar-refractivity contribution >= 4 is 6.08 Å². The Morgan fingerprint density at radius 3 is 2.50 bits per heavy atom. The second-order valence-electron chi connectivity index (χ2n) is 4.74. The quantitative estimate of drug-likeness (QED) is 0.745. The molecule has 1 aromatic rings. The summed E-state index contributed by atoms with van der Waals surface area (Å²) in [6.07, 6.45) is 6.46. The fourth-order valence-corrected chi connectivity index (χ4v) is 2.35. The van der Waals surface area contributed by atoms with E-state index in [0.717, 1.165) is 6.54 Å². The first-order valence-corrected chi connectivity index (χ1v) is 6.29. The van der Waals surface area contributed by atoms with Crippen LogP contribution in [0.3, 0.4) is 0 Å². The van der Waals surface area contributed by atoms with Gasteiger partial charge in [-0.25, -0.2) is 0 Å². The lowest BCUT2D eigenvalue weighted by Gasteiger charge is -2.26. The Balaban J connectivity index is 1.91. The maximum atomic E-state index is 2.57. The molecule has 1 saturated heterocycles. The predicted molar refractivity (Wildman–Crippen MR) is 70.4 cm³/mol. The topological polar surface area (TPSA) is 3.24 Å². The summed E-state index contributed by atoms with van der Waals surface area (Å²) < 4.78 is 0. The van der Waals surface area contributed by atoms with Gasteiger partial charge in [-0.15, -0.1) is 0 Å². The van der Waals surface area contributed by atoms with E-state index in [2.05, 4.69) is 48.2 Å². The van der Waals surface area contributed by atoms with Crippen LogP contribution in [-0.2, 0) is 0 Å². The summed E-state index contributed by atoms with van der Waals surface area (Å²) in [6, 6.07) is 10.6. The zero-order valence-electron chi connectivity index (χ0n) is 10.2. The van der Waals surface area contributed by atoms with Crippen LogP contribution in [0.1, 0.15) is 31.7 Å². The lowest BCUT2D eigenvalue weighted by Crippen LogP contribution is -2.30. The highest BCUT2D eigenvalue weighted by Crippen LogP contribution is 2.12. The molecule has 16 heavy (non-hydrogen) atoms. The summed E-state index contributed by atoms with van der Waals surface area (Å²) in [7, 11) is 0. The summed E-state index contributed by atoms with van der Waals surface area (Å²) in [6.45, 7) is 5.93. The van der Waals surface area contributed by atoms with Gasteiger partial charge in [-0.05, 0) is 38.4 Å². The maximum absolute atomic E-state index is 2.57. The normalized spacial score (nSPS) is 18.7. The van der Waals surface area contributed by atoms with Crippen LogP contribution < -0.4 is 0 Å². The third-order valence-electron chi connectivity index (χ3n) is 3.13. The average Bonchev–Trinajstić information content (AvgIpc) is 2.31. The maximum Gasteiger partial charge on any atom is 0.0193 e. The number of piperidine rings is 1. The van der Waals surface area contributed by atoms with Crippen LogP contribution in [0, 0.1) is 0 Å². The van der Waals surface area contributed by atoms with E-state index < -0.39 is 0 Å². The van der Waals surface area contributed by atoms with E-state index in [0.29, 0.717) is 0 Å². The summed E-state index contributed by atoms with van der Waals surface area (Å²) in [4.78, 5) is 2.57. The molecule has 1 aliphatic heterocycles. The molecule has 1 aromatic carbocycles. The first kappa shape index (κ1) is 11.4. The van der Waals surface area contributed by atoms with Crippen LogP contribution in [0.25, 0.3) is 6.08 Å². The second-order valence-corrected chi connectivity index (χ2v) is 4.74. The lowest BCUT2D eigenvalue weighted by atomic mass is 10.1. The summed E-state index contributed by atoms with van der Waals surface area (Å²) in [5.74, 6) is 0. The van der Waals surface area contributed by atoms with Gasteiger partial charge in [0, 0.05) is 6.54 Å². The minimum absolute atomic E-state index is 1.13. The molecular formula is C15H21N. The van der Waals surface area contributed by atoms with Crippen LogP contribution in [0.15, 0.2) is 35.9 Å². The van der Waals surface area contributed by atoms with Gasteiger partial charge < -0.3 is 0 Å². The van der Waals surface area contributed by atoms with E-state index in [1.54, 1.807) is 0 Å². The molecule has 1 heteroatoms. The van der Waals surface area contributed by atoms with E-state index in [1.165, 1.54) is 43.5 Å². The zero-order chi connectivity index (χ0) is 11.2. The van der Waals surface area contributed by atoms with Crippen molar-refractivity contribution in [3.63, 3.8) is 0 Å². The van der Waals surface area contributed by atoms with E-state index >= 15 is 0 Å². The number of benzene rings is 1. The van der Waals surface area contributed by atoms with Gasteiger partial charge in [-0.2, -0.15) is 0 Å². The fraction of sp³-hybridized carbons (Fsp3) is 0.467. The molecule has 1 aliphatic rings. The Labute approximate surface area is 98.8 Å². The number of hydrogen-bond donors (Lipinski definition) is 0. The molecule has 0 atom stereocenters. The minimum Gasteiger partial charge on any atom is -0.299 e. The van der Waals surface area contributed by atoms with Crippen LogP contribution >= 0.6 is 0 Å². The van der Waals surface area contributed by atoms with Gasteiger partial charge in [0.2, 0.25) is 0 Å². The molecule has 0 unspecified atom stereocenters. The van der Waals surface area contributed by atoms with Gasteiger partial charge in [-0.1, -0.05) is 48.4 Å². The molecule has 0 saturated carbocycles.